The smallest absolute Gasteiger partial charge is 0.135 e. The van der Waals surface area contributed by atoms with Crippen LogP contribution < -0.4 is 5.32 Å². The van der Waals surface area contributed by atoms with Crippen LogP contribution in [0.4, 0.5) is 0 Å². The van der Waals surface area contributed by atoms with E-state index in [2.05, 4.69) is 10.3 Å². The third-order valence-electron chi connectivity index (χ3n) is 3.36. The topological polar surface area (TPSA) is 54.4 Å². The zero-order valence-corrected chi connectivity index (χ0v) is 10.3. The molecular formula is C14H16N2O2. The van der Waals surface area contributed by atoms with Crippen molar-refractivity contribution < 1.29 is 9.84 Å². The summed E-state index contributed by atoms with van der Waals surface area (Å²) in [6, 6.07) is 9.95. The molecule has 2 aromatic rings. The molecule has 2 N–H and O–H groups in total. The molecule has 1 aliphatic rings. The largest absolute Gasteiger partial charge is 0.394 e. The van der Waals surface area contributed by atoms with Crippen LogP contribution in [0.3, 0.4) is 0 Å². The lowest BCUT2D eigenvalue weighted by Crippen LogP contribution is -2.43. The maximum absolute atomic E-state index is 9.35. The Morgan fingerprint density at radius 1 is 1.44 bits per heavy atom. The van der Waals surface area contributed by atoms with E-state index in [-0.39, 0.29) is 18.4 Å². The summed E-state index contributed by atoms with van der Waals surface area (Å²) in [7, 11) is 0. The second-order valence-corrected chi connectivity index (χ2v) is 4.97. The lowest BCUT2D eigenvalue weighted by molar-refractivity contribution is 0.0951. The molecule has 1 fully saturated rings. The van der Waals surface area contributed by atoms with Gasteiger partial charge in [0.2, 0.25) is 0 Å². The average Bonchev–Trinajstić information content (AvgIpc) is 2.81. The summed E-state index contributed by atoms with van der Waals surface area (Å²) in [4.78, 5) is 4.34. The molecule has 1 aromatic heterocycles. The van der Waals surface area contributed by atoms with Gasteiger partial charge in [-0.05, 0) is 19.1 Å². The van der Waals surface area contributed by atoms with Gasteiger partial charge in [0.05, 0.1) is 24.3 Å². The lowest BCUT2D eigenvalue weighted by atomic mass is 10.0. The molecule has 0 unspecified atom stereocenters. The van der Waals surface area contributed by atoms with Crippen LogP contribution in [0.5, 0.6) is 0 Å². The number of aromatic nitrogens is 1. The van der Waals surface area contributed by atoms with Gasteiger partial charge in [-0.3, -0.25) is 10.3 Å². The minimum atomic E-state index is -0.366. The van der Waals surface area contributed by atoms with Crippen LogP contribution in [0.2, 0.25) is 0 Å². The predicted molar refractivity (Wildman–Crippen MR) is 69.1 cm³/mol. The summed E-state index contributed by atoms with van der Waals surface area (Å²) in [5, 5.41) is 13.8. The highest BCUT2D eigenvalue weighted by molar-refractivity contribution is 5.82. The summed E-state index contributed by atoms with van der Waals surface area (Å²) >= 11 is 0. The van der Waals surface area contributed by atoms with Crippen molar-refractivity contribution >= 4 is 10.9 Å². The van der Waals surface area contributed by atoms with Crippen LogP contribution in [0.25, 0.3) is 10.9 Å². The molecule has 18 heavy (non-hydrogen) atoms. The van der Waals surface area contributed by atoms with E-state index in [1.54, 1.807) is 6.20 Å². The third-order valence-corrected chi connectivity index (χ3v) is 3.36. The van der Waals surface area contributed by atoms with Gasteiger partial charge in [0.1, 0.15) is 6.23 Å². The van der Waals surface area contributed by atoms with Crippen LogP contribution in [-0.4, -0.2) is 28.8 Å². The van der Waals surface area contributed by atoms with Gasteiger partial charge in [-0.2, -0.15) is 0 Å². The summed E-state index contributed by atoms with van der Waals surface area (Å²) in [5.74, 6) is 0. The quantitative estimate of drug-likeness (QED) is 0.842. The molecule has 1 saturated heterocycles. The molecule has 94 valence electrons. The number of fused-ring (bicyclic) bond motifs is 1. The van der Waals surface area contributed by atoms with Gasteiger partial charge in [-0.1, -0.05) is 18.2 Å². The van der Waals surface area contributed by atoms with Crippen molar-refractivity contribution in [3.63, 3.8) is 0 Å². The van der Waals surface area contributed by atoms with Crippen LogP contribution in [0, 0.1) is 0 Å². The molecule has 1 aliphatic heterocycles. The molecule has 0 spiro atoms. The molecule has 2 heterocycles. The number of pyridine rings is 1. The second-order valence-electron chi connectivity index (χ2n) is 4.97. The number of aliphatic hydroxyl groups is 1. The van der Waals surface area contributed by atoms with E-state index in [1.165, 1.54) is 0 Å². The Morgan fingerprint density at radius 3 is 3.06 bits per heavy atom. The fraction of sp³-hybridized carbons (Fsp3) is 0.357. The van der Waals surface area contributed by atoms with Crippen molar-refractivity contribution in [2.45, 2.75) is 18.7 Å². The number of nitrogens with one attached hydrogen (secondary N) is 1. The predicted octanol–water partition coefficient (Wildman–Crippen LogP) is 1.60. The monoisotopic (exact) mass is 244 g/mol. The Kier molecular flexibility index (Phi) is 2.78. The van der Waals surface area contributed by atoms with Crippen molar-refractivity contribution in [1.29, 1.82) is 0 Å². The Labute approximate surface area is 106 Å². The molecule has 0 bridgehead atoms. The highest BCUT2D eigenvalue weighted by atomic mass is 16.5. The van der Waals surface area contributed by atoms with Gasteiger partial charge < -0.3 is 9.84 Å². The average molecular weight is 244 g/mol. The Hall–Kier alpha value is -1.49. The zero-order chi connectivity index (χ0) is 12.6. The van der Waals surface area contributed by atoms with Crippen LogP contribution >= 0.6 is 0 Å². The maximum Gasteiger partial charge on any atom is 0.135 e. The zero-order valence-electron chi connectivity index (χ0n) is 10.3. The van der Waals surface area contributed by atoms with Crippen molar-refractivity contribution in [2.24, 2.45) is 0 Å². The Balaban J connectivity index is 2.01. The van der Waals surface area contributed by atoms with E-state index < -0.39 is 0 Å². The first-order valence-electron chi connectivity index (χ1n) is 6.06. The molecule has 0 amide bonds. The van der Waals surface area contributed by atoms with E-state index in [9.17, 15) is 5.11 Å². The van der Waals surface area contributed by atoms with Gasteiger partial charge in [-0.15, -0.1) is 0 Å². The molecule has 4 nitrogen and oxygen atoms in total. The van der Waals surface area contributed by atoms with E-state index in [1.807, 2.05) is 37.3 Å². The van der Waals surface area contributed by atoms with Crippen LogP contribution in [-0.2, 0) is 4.74 Å². The first kappa shape index (κ1) is 11.6. The molecule has 0 radical (unpaired) electrons. The van der Waals surface area contributed by atoms with Gasteiger partial charge >= 0.3 is 0 Å². The second kappa shape index (κ2) is 4.31. The fourth-order valence-corrected chi connectivity index (χ4v) is 2.27. The molecule has 0 aliphatic carbocycles. The number of ether oxygens (including phenoxy) is 1. The van der Waals surface area contributed by atoms with Gasteiger partial charge in [0, 0.05) is 17.1 Å². The van der Waals surface area contributed by atoms with Crippen LogP contribution in [0.1, 0.15) is 18.7 Å². The summed E-state index contributed by atoms with van der Waals surface area (Å²) in [5.41, 5.74) is 1.66. The molecule has 2 atom stereocenters. The van der Waals surface area contributed by atoms with E-state index in [0.717, 1.165) is 16.5 Å². The minimum Gasteiger partial charge on any atom is -0.394 e. The van der Waals surface area contributed by atoms with Crippen LogP contribution in [0.15, 0.2) is 36.5 Å². The highest BCUT2D eigenvalue weighted by Crippen LogP contribution is 2.30. The highest BCUT2D eigenvalue weighted by Gasteiger charge is 2.35. The van der Waals surface area contributed by atoms with E-state index in [0.29, 0.717) is 6.61 Å². The molecule has 1 aromatic carbocycles. The number of hydrogen-bond donors (Lipinski definition) is 2. The molecule has 3 rings (SSSR count). The fourth-order valence-electron chi connectivity index (χ4n) is 2.27. The number of para-hydroxylation sites is 1. The number of benzene rings is 1. The first-order valence-corrected chi connectivity index (χ1v) is 6.06. The number of hydrogen-bond acceptors (Lipinski definition) is 4. The van der Waals surface area contributed by atoms with Crippen molar-refractivity contribution in [1.82, 2.24) is 10.3 Å². The van der Waals surface area contributed by atoms with Gasteiger partial charge in [-0.25, -0.2) is 0 Å². The first-order chi connectivity index (χ1) is 8.72. The molecule has 0 saturated carbocycles. The van der Waals surface area contributed by atoms with Crippen molar-refractivity contribution in [2.75, 3.05) is 13.2 Å². The standard InChI is InChI=1S/C14H16N2O2/c1-14(8-17)9-18-13(16-14)11-6-7-15-12-5-3-2-4-10(11)12/h2-7,13,16-17H,8-9H2,1H3/t13-,14-/m1/s1. The number of rotatable bonds is 2. The Bertz CT molecular complexity index is 567. The number of aliphatic hydroxyl groups excluding tert-OH is 1. The van der Waals surface area contributed by atoms with Gasteiger partial charge in [0.25, 0.3) is 0 Å². The van der Waals surface area contributed by atoms with Gasteiger partial charge in [0.15, 0.2) is 0 Å². The lowest BCUT2D eigenvalue weighted by Gasteiger charge is -2.20. The summed E-state index contributed by atoms with van der Waals surface area (Å²) in [6.07, 6.45) is 1.60. The minimum absolute atomic E-state index is 0.0620. The summed E-state index contributed by atoms with van der Waals surface area (Å²) < 4.78 is 5.75. The number of nitrogens with zero attached hydrogens (tertiary/aromatic N) is 1. The normalized spacial score (nSPS) is 27.8. The third kappa shape index (κ3) is 1.88. The SMILES string of the molecule is C[C@@]1(CO)CO[C@H](c2ccnc3ccccc23)N1. The summed E-state index contributed by atoms with van der Waals surface area (Å²) in [6.45, 7) is 2.52. The Morgan fingerprint density at radius 2 is 2.28 bits per heavy atom. The van der Waals surface area contributed by atoms with Crippen molar-refractivity contribution in [3.8, 4) is 0 Å². The molecular weight excluding hydrogens is 228 g/mol. The molecule has 4 heteroatoms. The van der Waals surface area contributed by atoms with E-state index >= 15 is 0 Å². The maximum atomic E-state index is 9.35. The van der Waals surface area contributed by atoms with Crippen molar-refractivity contribution in [3.05, 3.63) is 42.1 Å². The van der Waals surface area contributed by atoms with E-state index in [4.69, 9.17) is 4.74 Å².